The van der Waals surface area contributed by atoms with E-state index in [2.05, 4.69) is 4.98 Å². The molecular formula is C16H14N2O3S2. The molecule has 1 aromatic carbocycles. The molecule has 1 atom stereocenters. The van der Waals surface area contributed by atoms with Crippen molar-refractivity contribution in [1.82, 2.24) is 9.55 Å². The van der Waals surface area contributed by atoms with Crippen LogP contribution in [0.3, 0.4) is 0 Å². The number of fused-ring (bicyclic) bond motifs is 1. The Bertz CT molecular complexity index is 903. The van der Waals surface area contributed by atoms with E-state index in [0.29, 0.717) is 15.4 Å². The molecular weight excluding hydrogens is 332 g/mol. The Morgan fingerprint density at radius 2 is 2.04 bits per heavy atom. The van der Waals surface area contributed by atoms with Crippen LogP contribution in [-0.2, 0) is 9.53 Å². The quantitative estimate of drug-likeness (QED) is 0.413. The second kappa shape index (κ2) is 6.55. The summed E-state index contributed by atoms with van der Waals surface area (Å²) < 4.78 is 6.30. The summed E-state index contributed by atoms with van der Waals surface area (Å²) in [6, 6.07) is 11.1. The molecule has 0 bridgehead atoms. The van der Waals surface area contributed by atoms with Crippen LogP contribution in [0, 0.1) is 0 Å². The lowest BCUT2D eigenvalue weighted by atomic mass is 10.3. The maximum atomic E-state index is 12.8. The zero-order chi connectivity index (χ0) is 16.4. The van der Waals surface area contributed by atoms with Crippen molar-refractivity contribution in [1.29, 1.82) is 0 Å². The molecule has 0 fully saturated rings. The Morgan fingerprint density at radius 1 is 1.30 bits per heavy atom. The van der Waals surface area contributed by atoms with Gasteiger partial charge in [-0.1, -0.05) is 30.0 Å². The first-order valence-electron chi connectivity index (χ1n) is 6.92. The van der Waals surface area contributed by atoms with Gasteiger partial charge in [-0.2, -0.15) is 0 Å². The normalized spacial score (nSPS) is 12.3. The van der Waals surface area contributed by atoms with Crippen molar-refractivity contribution in [2.24, 2.45) is 0 Å². The number of hydrogen-bond acceptors (Lipinski definition) is 6. The highest BCUT2D eigenvalue weighted by molar-refractivity contribution is 8.00. The molecule has 3 aromatic rings. The topological polar surface area (TPSA) is 61.2 Å². The average molecular weight is 346 g/mol. The van der Waals surface area contributed by atoms with E-state index in [-0.39, 0.29) is 11.5 Å². The summed E-state index contributed by atoms with van der Waals surface area (Å²) in [4.78, 5) is 29.8. The Labute approximate surface area is 140 Å². The second-order valence-electron chi connectivity index (χ2n) is 4.79. The Kier molecular flexibility index (Phi) is 4.49. The number of nitrogens with zero attached hydrogens (tertiary/aromatic N) is 2. The molecule has 23 heavy (non-hydrogen) atoms. The van der Waals surface area contributed by atoms with E-state index in [0.717, 1.165) is 5.69 Å². The Balaban J connectivity index is 2.19. The van der Waals surface area contributed by atoms with Gasteiger partial charge in [0.15, 0.2) is 5.16 Å². The van der Waals surface area contributed by atoms with Crippen LogP contribution in [0.5, 0.6) is 0 Å². The molecule has 7 heteroatoms. The standard InChI is InChI=1S/C16H14N2O3S2/c1-10(15(20)21-2)23-16-17-13-12(8-9-22-13)14(19)18(16)11-6-4-3-5-7-11/h3-10H,1-2H3/t10-/m1/s1. The van der Waals surface area contributed by atoms with Crippen LogP contribution in [0.1, 0.15) is 6.92 Å². The molecule has 0 aliphatic heterocycles. The van der Waals surface area contributed by atoms with Gasteiger partial charge in [-0.25, -0.2) is 4.98 Å². The van der Waals surface area contributed by atoms with E-state index < -0.39 is 5.25 Å². The zero-order valence-corrected chi connectivity index (χ0v) is 14.2. The van der Waals surface area contributed by atoms with Crippen LogP contribution >= 0.6 is 23.1 Å². The number of aromatic nitrogens is 2. The van der Waals surface area contributed by atoms with Crippen molar-refractivity contribution in [3.63, 3.8) is 0 Å². The van der Waals surface area contributed by atoms with Gasteiger partial charge in [-0.15, -0.1) is 11.3 Å². The van der Waals surface area contributed by atoms with Crippen molar-refractivity contribution in [3.8, 4) is 5.69 Å². The molecule has 0 saturated heterocycles. The molecule has 2 heterocycles. The first-order valence-corrected chi connectivity index (χ1v) is 8.68. The van der Waals surface area contributed by atoms with Gasteiger partial charge >= 0.3 is 5.97 Å². The predicted octanol–water partition coefficient (Wildman–Crippen LogP) is 3.10. The minimum absolute atomic E-state index is 0.137. The molecule has 5 nitrogen and oxygen atoms in total. The first kappa shape index (κ1) is 15.8. The minimum Gasteiger partial charge on any atom is -0.468 e. The van der Waals surface area contributed by atoms with E-state index in [4.69, 9.17) is 4.74 Å². The molecule has 0 spiro atoms. The number of methoxy groups -OCH3 is 1. The number of carbonyl (C=O) groups excluding carboxylic acids is 1. The van der Waals surface area contributed by atoms with E-state index in [1.54, 1.807) is 17.6 Å². The van der Waals surface area contributed by atoms with Crippen molar-refractivity contribution in [2.45, 2.75) is 17.3 Å². The van der Waals surface area contributed by atoms with Gasteiger partial charge in [0.25, 0.3) is 5.56 Å². The molecule has 3 rings (SSSR count). The van der Waals surface area contributed by atoms with Crippen LogP contribution in [0.2, 0.25) is 0 Å². The highest BCUT2D eigenvalue weighted by Crippen LogP contribution is 2.27. The highest BCUT2D eigenvalue weighted by atomic mass is 32.2. The van der Waals surface area contributed by atoms with Crippen LogP contribution in [0.25, 0.3) is 15.9 Å². The van der Waals surface area contributed by atoms with Crippen LogP contribution in [0.4, 0.5) is 0 Å². The van der Waals surface area contributed by atoms with Gasteiger partial charge in [0, 0.05) is 0 Å². The lowest BCUT2D eigenvalue weighted by molar-refractivity contribution is -0.139. The van der Waals surface area contributed by atoms with E-state index in [1.165, 1.54) is 30.2 Å². The largest absolute Gasteiger partial charge is 0.468 e. The van der Waals surface area contributed by atoms with Crippen LogP contribution in [0.15, 0.2) is 51.7 Å². The third-order valence-electron chi connectivity index (χ3n) is 3.30. The predicted molar refractivity (Wildman–Crippen MR) is 92.6 cm³/mol. The van der Waals surface area contributed by atoms with Gasteiger partial charge in [-0.05, 0) is 30.5 Å². The number of esters is 1. The molecule has 0 aliphatic rings. The number of carbonyl (C=O) groups is 1. The summed E-state index contributed by atoms with van der Waals surface area (Å²) in [6.07, 6.45) is 0. The third kappa shape index (κ3) is 3.02. The first-order chi connectivity index (χ1) is 11.1. The van der Waals surface area contributed by atoms with Crippen molar-refractivity contribution in [3.05, 3.63) is 52.1 Å². The van der Waals surface area contributed by atoms with Crippen LogP contribution < -0.4 is 5.56 Å². The maximum absolute atomic E-state index is 12.8. The number of hydrogen-bond donors (Lipinski definition) is 0. The lowest BCUT2D eigenvalue weighted by Gasteiger charge is -2.14. The number of rotatable bonds is 4. The van der Waals surface area contributed by atoms with Crippen molar-refractivity contribution >= 4 is 39.3 Å². The third-order valence-corrected chi connectivity index (χ3v) is 5.13. The summed E-state index contributed by atoms with van der Waals surface area (Å²) in [6.45, 7) is 1.73. The van der Waals surface area contributed by atoms with Gasteiger partial charge in [0.2, 0.25) is 0 Å². The van der Waals surface area contributed by atoms with Gasteiger partial charge in [0.1, 0.15) is 10.1 Å². The smallest absolute Gasteiger partial charge is 0.318 e. The fourth-order valence-electron chi connectivity index (χ4n) is 2.15. The number of ether oxygens (including phenoxy) is 1. The summed E-state index contributed by atoms with van der Waals surface area (Å²) in [5.41, 5.74) is 0.583. The second-order valence-corrected chi connectivity index (χ2v) is 7.00. The monoisotopic (exact) mass is 346 g/mol. The Morgan fingerprint density at radius 3 is 2.74 bits per heavy atom. The summed E-state index contributed by atoms with van der Waals surface area (Å²) in [7, 11) is 1.35. The zero-order valence-electron chi connectivity index (χ0n) is 12.6. The molecule has 0 radical (unpaired) electrons. The number of thiophene rings is 1. The van der Waals surface area contributed by atoms with Gasteiger partial charge in [0.05, 0.1) is 18.2 Å². The van der Waals surface area contributed by atoms with Gasteiger partial charge in [-0.3, -0.25) is 14.2 Å². The number of thioether (sulfide) groups is 1. The minimum atomic E-state index is -0.459. The molecule has 0 amide bonds. The number of para-hydroxylation sites is 1. The maximum Gasteiger partial charge on any atom is 0.318 e. The van der Waals surface area contributed by atoms with Gasteiger partial charge < -0.3 is 4.74 Å². The molecule has 118 valence electrons. The fourth-order valence-corrected chi connectivity index (χ4v) is 3.91. The summed E-state index contributed by atoms with van der Waals surface area (Å²) >= 11 is 2.62. The highest BCUT2D eigenvalue weighted by Gasteiger charge is 2.20. The van der Waals surface area contributed by atoms with E-state index in [9.17, 15) is 9.59 Å². The summed E-state index contributed by atoms with van der Waals surface area (Å²) in [5.74, 6) is -0.352. The SMILES string of the molecule is COC(=O)[C@@H](C)Sc1nc2sccc2c(=O)n1-c1ccccc1. The van der Waals surface area contributed by atoms with Crippen LogP contribution in [-0.4, -0.2) is 27.9 Å². The van der Waals surface area contributed by atoms with E-state index in [1.807, 2.05) is 35.7 Å². The molecule has 0 saturated carbocycles. The molecule has 2 aromatic heterocycles. The average Bonchev–Trinajstić information content (AvgIpc) is 3.03. The fraction of sp³-hybridized carbons (Fsp3) is 0.188. The molecule has 0 unspecified atom stereocenters. The number of benzene rings is 1. The Hall–Kier alpha value is -2.12. The molecule has 0 N–H and O–H groups in total. The molecule has 0 aliphatic carbocycles. The summed E-state index contributed by atoms with van der Waals surface area (Å²) in [5, 5.41) is 2.44. The van der Waals surface area contributed by atoms with E-state index >= 15 is 0 Å². The lowest BCUT2D eigenvalue weighted by Crippen LogP contribution is -2.23. The van der Waals surface area contributed by atoms with Crippen molar-refractivity contribution in [2.75, 3.05) is 7.11 Å². The van der Waals surface area contributed by atoms with Crippen molar-refractivity contribution < 1.29 is 9.53 Å².